The van der Waals surface area contributed by atoms with E-state index in [9.17, 15) is 4.79 Å². The molecule has 0 aliphatic heterocycles. The van der Waals surface area contributed by atoms with Crippen LogP contribution in [-0.2, 0) is 4.79 Å². The number of unbranched alkanes of at least 4 members (excludes halogenated alkanes) is 1. The maximum absolute atomic E-state index is 11.8. The van der Waals surface area contributed by atoms with E-state index in [0.717, 1.165) is 25.2 Å². The molecule has 0 aliphatic carbocycles. The van der Waals surface area contributed by atoms with Crippen molar-refractivity contribution < 1.29 is 4.79 Å². The molecule has 1 aromatic rings. The van der Waals surface area contributed by atoms with Crippen LogP contribution in [0.5, 0.6) is 0 Å². The Balaban J connectivity index is 0. The molecule has 1 atom stereocenters. The zero-order valence-electron chi connectivity index (χ0n) is 13.5. The summed E-state index contributed by atoms with van der Waals surface area (Å²) in [6, 6.07) is 5.31. The second-order valence-corrected chi connectivity index (χ2v) is 5.98. The van der Waals surface area contributed by atoms with E-state index in [1.165, 1.54) is 0 Å². The Morgan fingerprint density at radius 1 is 1.23 bits per heavy atom. The van der Waals surface area contributed by atoms with Gasteiger partial charge in [-0.15, -0.1) is 24.8 Å². The maximum Gasteiger partial charge on any atom is 0.237 e. The van der Waals surface area contributed by atoms with Crippen molar-refractivity contribution in [3.05, 3.63) is 24.4 Å². The predicted octanol–water partition coefficient (Wildman–Crippen LogP) is 2.61. The van der Waals surface area contributed by atoms with Crippen molar-refractivity contribution in [2.24, 2.45) is 11.1 Å². The smallest absolute Gasteiger partial charge is 0.237 e. The molecule has 128 valence electrons. The molecule has 0 fully saturated rings. The second kappa shape index (κ2) is 11.5. The Morgan fingerprint density at radius 3 is 2.41 bits per heavy atom. The lowest BCUT2D eigenvalue weighted by atomic mass is 9.87. The van der Waals surface area contributed by atoms with Crippen LogP contribution in [0.3, 0.4) is 0 Å². The highest BCUT2D eigenvalue weighted by atomic mass is 35.5. The van der Waals surface area contributed by atoms with Crippen LogP contribution in [0, 0.1) is 5.41 Å². The Labute approximate surface area is 145 Å². The number of nitrogens with zero attached hydrogens (tertiary/aromatic N) is 1. The minimum Gasteiger partial charge on any atom is -0.370 e. The molecule has 0 saturated carbocycles. The third kappa shape index (κ3) is 9.07. The number of hydrogen-bond donors (Lipinski definition) is 3. The summed E-state index contributed by atoms with van der Waals surface area (Å²) in [4.78, 5) is 16.0. The fourth-order valence-electron chi connectivity index (χ4n) is 1.65. The first-order valence-electron chi connectivity index (χ1n) is 7.09. The van der Waals surface area contributed by atoms with Gasteiger partial charge in [0.2, 0.25) is 5.91 Å². The van der Waals surface area contributed by atoms with E-state index in [2.05, 4.69) is 15.6 Å². The molecular weight excluding hydrogens is 323 g/mol. The highest BCUT2D eigenvalue weighted by Crippen LogP contribution is 2.17. The highest BCUT2D eigenvalue weighted by molar-refractivity contribution is 5.85. The van der Waals surface area contributed by atoms with E-state index in [1.807, 2.05) is 39.0 Å². The van der Waals surface area contributed by atoms with Crippen molar-refractivity contribution in [3.63, 3.8) is 0 Å². The molecule has 0 aliphatic rings. The average Bonchev–Trinajstić information content (AvgIpc) is 2.41. The zero-order chi connectivity index (χ0) is 15.0. The second-order valence-electron chi connectivity index (χ2n) is 5.98. The fraction of sp³-hybridized carbons (Fsp3) is 0.600. The molecule has 1 aromatic heterocycles. The molecule has 1 heterocycles. The van der Waals surface area contributed by atoms with Gasteiger partial charge in [-0.25, -0.2) is 4.98 Å². The third-order valence-corrected chi connectivity index (χ3v) is 3.09. The van der Waals surface area contributed by atoms with Crippen LogP contribution >= 0.6 is 24.8 Å². The molecule has 7 heteroatoms. The summed E-state index contributed by atoms with van der Waals surface area (Å²) in [5.41, 5.74) is 5.67. The molecule has 0 radical (unpaired) electrons. The lowest BCUT2D eigenvalue weighted by Gasteiger charge is -2.25. The van der Waals surface area contributed by atoms with E-state index in [4.69, 9.17) is 5.73 Å². The lowest BCUT2D eigenvalue weighted by molar-refractivity contribution is -0.124. The monoisotopic (exact) mass is 350 g/mol. The van der Waals surface area contributed by atoms with Crippen LogP contribution in [0.15, 0.2) is 24.4 Å². The normalized spacial score (nSPS) is 11.6. The molecule has 0 spiro atoms. The first-order chi connectivity index (χ1) is 9.41. The first kappa shape index (κ1) is 23.2. The number of halogens is 2. The van der Waals surface area contributed by atoms with E-state index in [-0.39, 0.29) is 36.1 Å². The van der Waals surface area contributed by atoms with Crippen molar-refractivity contribution in [1.82, 2.24) is 10.3 Å². The fourth-order valence-corrected chi connectivity index (χ4v) is 1.65. The Morgan fingerprint density at radius 2 is 1.86 bits per heavy atom. The molecule has 0 bridgehead atoms. The summed E-state index contributed by atoms with van der Waals surface area (Å²) in [5.74, 6) is 0.807. The minimum atomic E-state index is -0.464. The summed E-state index contributed by atoms with van der Waals surface area (Å²) >= 11 is 0. The van der Waals surface area contributed by atoms with Gasteiger partial charge in [-0.05, 0) is 30.4 Å². The van der Waals surface area contributed by atoms with Crippen molar-refractivity contribution in [2.75, 3.05) is 18.4 Å². The number of pyridine rings is 1. The Hall–Kier alpha value is -1.04. The van der Waals surface area contributed by atoms with Gasteiger partial charge in [0.15, 0.2) is 0 Å². The van der Waals surface area contributed by atoms with Gasteiger partial charge in [-0.1, -0.05) is 26.8 Å². The van der Waals surface area contributed by atoms with Gasteiger partial charge in [-0.2, -0.15) is 0 Å². The third-order valence-electron chi connectivity index (χ3n) is 3.09. The summed E-state index contributed by atoms with van der Waals surface area (Å²) in [7, 11) is 0. The first-order valence-corrected chi connectivity index (χ1v) is 7.09. The van der Waals surface area contributed by atoms with Gasteiger partial charge in [-0.3, -0.25) is 4.79 Å². The summed E-state index contributed by atoms with van der Waals surface area (Å²) in [6.07, 6.45) is 3.65. The number of anilines is 1. The predicted molar refractivity (Wildman–Crippen MR) is 96.9 cm³/mol. The summed E-state index contributed by atoms with van der Waals surface area (Å²) in [5, 5.41) is 6.11. The molecule has 0 aromatic carbocycles. The average molecular weight is 351 g/mol. The quantitative estimate of drug-likeness (QED) is 0.660. The number of rotatable bonds is 7. The molecule has 1 amide bonds. The van der Waals surface area contributed by atoms with Gasteiger partial charge in [0.1, 0.15) is 5.82 Å². The van der Waals surface area contributed by atoms with Gasteiger partial charge in [0, 0.05) is 19.3 Å². The molecule has 22 heavy (non-hydrogen) atoms. The number of nitrogens with one attached hydrogen (secondary N) is 2. The SMILES string of the molecule is CC(C)(C)[C@H](N)C(=O)NCCCCNc1ccccn1.Cl.Cl. The van der Waals surface area contributed by atoms with Crippen LogP contribution in [0.25, 0.3) is 0 Å². The standard InChI is InChI=1S/C15H26N4O.2ClH/c1-15(2,3)13(16)14(20)19-11-7-6-10-18-12-8-4-5-9-17-12;;/h4-5,8-9,13H,6-7,10-11,16H2,1-3H3,(H,17,18)(H,19,20);2*1H/t13-;;/m1../s1. The van der Waals surface area contributed by atoms with Crippen molar-refractivity contribution in [3.8, 4) is 0 Å². The molecule has 1 rings (SSSR count). The van der Waals surface area contributed by atoms with Gasteiger partial charge < -0.3 is 16.4 Å². The van der Waals surface area contributed by atoms with Crippen LogP contribution < -0.4 is 16.4 Å². The highest BCUT2D eigenvalue weighted by Gasteiger charge is 2.26. The molecular formula is C15H28Cl2N4O. The lowest BCUT2D eigenvalue weighted by Crippen LogP contribution is -2.48. The topological polar surface area (TPSA) is 80.0 Å². The van der Waals surface area contributed by atoms with E-state index in [1.54, 1.807) is 6.20 Å². The summed E-state index contributed by atoms with van der Waals surface area (Å²) < 4.78 is 0. The Kier molecular flexibility index (Phi) is 12.2. The van der Waals surface area contributed by atoms with Gasteiger partial charge >= 0.3 is 0 Å². The Bertz CT molecular complexity index is 410. The van der Waals surface area contributed by atoms with Crippen LogP contribution in [0.4, 0.5) is 5.82 Å². The number of nitrogens with two attached hydrogens (primary N) is 1. The van der Waals surface area contributed by atoms with E-state index < -0.39 is 6.04 Å². The minimum absolute atomic E-state index is 0. The van der Waals surface area contributed by atoms with Crippen molar-refractivity contribution >= 4 is 36.5 Å². The maximum atomic E-state index is 11.8. The summed E-state index contributed by atoms with van der Waals surface area (Å²) in [6.45, 7) is 7.40. The van der Waals surface area contributed by atoms with Gasteiger partial charge in [0.05, 0.1) is 6.04 Å². The zero-order valence-corrected chi connectivity index (χ0v) is 15.1. The van der Waals surface area contributed by atoms with Crippen molar-refractivity contribution in [2.45, 2.75) is 39.7 Å². The largest absolute Gasteiger partial charge is 0.370 e. The van der Waals surface area contributed by atoms with Gasteiger partial charge in [0.25, 0.3) is 0 Å². The molecule has 0 saturated heterocycles. The van der Waals surface area contributed by atoms with Crippen LogP contribution in [-0.4, -0.2) is 30.0 Å². The van der Waals surface area contributed by atoms with Crippen LogP contribution in [0.2, 0.25) is 0 Å². The number of carbonyl (C=O) groups excluding carboxylic acids is 1. The number of hydrogen-bond acceptors (Lipinski definition) is 4. The van der Waals surface area contributed by atoms with Crippen molar-refractivity contribution in [1.29, 1.82) is 0 Å². The number of aromatic nitrogens is 1. The molecule has 4 N–H and O–H groups in total. The molecule has 0 unspecified atom stereocenters. The number of carbonyl (C=O) groups is 1. The van der Waals surface area contributed by atoms with E-state index >= 15 is 0 Å². The van der Waals surface area contributed by atoms with E-state index in [0.29, 0.717) is 6.54 Å². The van der Waals surface area contributed by atoms with Crippen LogP contribution in [0.1, 0.15) is 33.6 Å². The molecule has 5 nitrogen and oxygen atoms in total. The number of amides is 1.